The predicted octanol–water partition coefficient (Wildman–Crippen LogP) is 3.18. The fraction of sp³-hybridized carbons (Fsp3) is 0. The van der Waals surface area contributed by atoms with Gasteiger partial charge < -0.3 is 0 Å². The summed E-state index contributed by atoms with van der Waals surface area (Å²) in [6, 6.07) is 11.1. The van der Waals surface area contributed by atoms with Crippen LogP contribution in [0.1, 0.15) is 0 Å². The van der Waals surface area contributed by atoms with E-state index in [2.05, 4.69) is 5.10 Å². The Balaban J connectivity index is 2.29. The first kappa shape index (κ1) is 11.9. The first-order chi connectivity index (χ1) is 9.16. The van der Waals surface area contributed by atoms with Gasteiger partial charge in [0.15, 0.2) is 0 Å². The van der Waals surface area contributed by atoms with Crippen molar-refractivity contribution < 1.29 is 4.39 Å². The standard InChI is InChI=1S/C14H8ClFN2O/c15-9-4-6-10(7-5-9)18-14(19)11-2-1-3-13(16)12(11)8-17-18/h1-8H. The number of benzene rings is 2. The fourth-order valence-electron chi connectivity index (χ4n) is 1.90. The van der Waals surface area contributed by atoms with E-state index in [-0.39, 0.29) is 10.9 Å². The van der Waals surface area contributed by atoms with Gasteiger partial charge in [-0.25, -0.2) is 4.39 Å². The van der Waals surface area contributed by atoms with Crippen molar-refractivity contribution in [2.45, 2.75) is 0 Å². The molecule has 0 aliphatic heterocycles. The molecule has 3 nitrogen and oxygen atoms in total. The Labute approximate surface area is 112 Å². The molecule has 0 aliphatic rings. The van der Waals surface area contributed by atoms with E-state index >= 15 is 0 Å². The van der Waals surface area contributed by atoms with E-state index in [4.69, 9.17) is 11.6 Å². The van der Waals surface area contributed by atoms with Gasteiger partial charge >= 0.3 is 0 Å². The highest BCUT2D eigenvalue weighted by Gasteiger charge is 2.08. The molecule has 0 bridgehead atoms. The number of hydrogen-bond donors (Lipinski definition) is 0. The maximum Gasteiger partial charge on any atom is 0.279 e. The second-order valence-corrected chi connectivity index (χ2v) is 4.48. The summed E-state index contributed by atoms with van der Waals surface area (Å²) >= 11 is 5.80. The predicted molar refractivity (Wildman–Crippen MR) is 72.3 cm³/mol. The zero-order valence-corrected chi connectivity index (χ0v) is 10.4. The van der Waals surface area contributed by atoms with Crippen molar-refractivity contribution in [2.24, 2.45) is 0 Å². The van der Waals surface area contributed by atoms with Crippen LogP contribution in [0.3, 0.4) is 0 Å². The summed E-state index contributed by atoms with van der Waals surface area (Å²) < 4.78 is 14.8. The summed E-state index contributed by atoms with van der Waals surface area (Å²) in [6.45, 7) is 0. The second kappa shape index (κ2) is 4.48. The monoisotopic (exact) mass is 274 g/mol. The maximum absolute atomic E-state index is 13.5. The van der Waals surface area contributed by atoms with E-state index in [0.29, 0.717) is 16.1 Å². The van der Waals surface area contributed by atoms with Crippen LogP contribution >= 0.6 is 11.6 Å². The largest absolute Gasteiger partial charge is 0.279 e. The number of hydrogen-bond acceptors (Lipinski definition) is 2. The van der Waals surface area contributed by atoms with Crippen molar-refractivity contribution in [1.29, 1.82) is 0 Å². The zero-order valence-electron chi connectivity index (χ0n) is 9.68. The van der Waals surface area contributed by atoms with Crippen LogP contribution in [0, 0.1) is 5.82 Å². The van der Waals surface area contributed by atoms with E-state index < -0.39 is 5.82 Å². The summed E-state index contributed by atoms with van der Waals surface area (Å²) in [7, 11) is 0. The van der Waals surface area contributed by atoms with Gasteiger partial charge in [0.2, 0.25) is 0 Å². The molecule has 0 radical (unpaired) electrons. The summed E-state index contributed by atoms with van der Waals surface area (Å²) in [6.07, 6.45) is 1.35. The lowest BCUT2D eigenvalue weighted by molar-refractivity contribution is 0.638. The molecule has 5 heteroatoms. The fourth-order valence-corrected chi connectivity index (χ4v) is 2.03. The van der Waals surface area contributed by atoms with Crippen molar-refractivity contribution >= 4 is 22.4 Å². The Morgan fingerprint density at radius 3 is 2.53 bits per heavy atom. The van der Waals surface area contributed by atoms with Crippen LogP contribution < -0.4 is 5.56 Å². The number of rotatable bonds is 1. The summed E-state index contributed by atoms with van der Waals surface area (Å²) in [5.41, 5.74) is 0.222. The van der Waals surface area contributed by atoms with Crippen LogP contribution in [0.5, 0.6) is 0 Å². The van der Waals surface area contributed by atoms with E-state index in [0.717, 1.165) is 0 Å². The van der Waals surface area contributed by atoms with Crippen molar-refractivity contribution in [3.05, 3.63) is 69.9 Å². The van der Waals surface area contributed by atoms with Gasteiger partial charge in [-0.05, 0) is 36.4 Å². The minimum absolute atomic E-state index is 0.220. The average molecular weight is 275 g/mol. The Morgan fingerprint density at radius 2 is 1.79 bits per heavy atom. The molecule has 19 heavy (non-hydrogen) atoms. The van der Waals surface area contributed by atoms with Crippen molar-refractivity contribution in [1.82, 2.24) is 9.78 Å². The normalized spacial score (nSPS) is 10.8. The van der Waals surface area contributed by atoms with Gasteiger partial charge in [0.25, 0.3) is 5.56 Å². The zero-order chi connectivity index (χ0) is 13.4. The van der Waals surface area contributed by atoms with Gasteiger partial charge in [0.05, 0.1) is 17.3 Å². The number of fused-ring (bicyclic) bond motifs is 1. The van der Waals surface area contributed by atoms with E-state index in [1.54, 1.807) is 30.3 Å². The van der Waals surface area contributed by atoms with E-state index in [1.165, 1.54) is 23.0 Å². The molecule has 0 spiro atoms. The van der Waals surface area contributed by atoms with Crippen LogP contribution in [0.15, 0.2) is 53.5 Å². The molecule has 2 aromatic carbocycles. The molecule has 94 valence electrons. The van der Waals surface area contributed by atoms with Gasteiger partial charge in [0, 0.05) is 10.4 Å². The second-order valence-electron chi connectivity index (χ2n) is 4.04. The van der Waals surface area contributed by atoms with Crippen LogP contribution in [-0.4, -0.2) is 9.78 Å². The Kier molecular flexibility index (Phi) is 2.80. The molecular weight excluding hydrogens is 267 g/mol. The molecule has 0 fully saturated rings. The Hall–Kier alpha value is -2.20. The molecule has 0 saturated carbocycles. The number of halogens is 2. The highest BCUT2D eigenvalue weighted by atomic mass is 35.5. The van der Waals surface area contributed by atoms with E-state index in [9.17, 15) is 9.18 Å². The Morgan fingerprint density at radius 1 is 1.05 bits per heavy atom. The third-order valence-electron chi connectivity index (χ3n) is 2.85. The molecule has 1 heterocycles. The van der Waals surface area contributed by atoms with Crippen molar-refractivity contribution in [3.8, 4) is 5.69 Å². The first-order valence-corrected chi connectivity index (χ1v) is 5.97. The number of nitrogens with zero attached hydrogens (tertiary/aromatic N) is 2. The van der Waals surface area contributed by atoms with Crippen LogP contribution in [0.4, 0.5) is 4.39 Å². The molecule has 0 atom stereocenters. The average Bonchev–Trinajstić information content (AvgIpc) is 2.42. The lowest BCUT2D eigenvalue weighted by Crippen LogP contribution is -2.21. The van der Waals surface area contributed by atoms with Gasteiger partial charge in [-0.1, -0.05) is 17.7 Å². The first-order valence-electron chi connectivity index (χ1n) is 5.59. The minimum Gasteiger partial charge on any atom is -0.267 e. The smallest absolute Gasteiger partial charge is 0.267 e. The number of aromatic nitrogens is 2. The van der Waals surface area contributed by atoms with Gasteiger partial charge in [-0.15, -0.1) is 0 Å². The summed E-state index contributed by atoms with van der Waals surface area (Å²) in [4.78, 5) is 12.3. The van der Waals surface area contributed by atoms with Crippen molar-refractivity contribution in [3.63, 3.8) is 0 Å². The maximum atomic E-state index is 13.5. The van der Waals surface area contributed by atoms with Crippen LogP contribution in [-0.2, 0) is 0 Å². The highest BCUT2D eigenvalue weighted by Crippen LogP contribution is 2.15. The van der Waals surface area contributed by atoms with E-state index in [1.807, 2.05) is 0 Å². The molecule has 1 aromatic heterocycles. The van der Waals surface area contributed by atoms with Gasteiger partial charge in [0.1, 0.15) is 5.82 Å². The lowest BCUT2D eigenvalue weighted by atomic mass is 10.2. The molecule has 0 unspecified atom stereocenters. The van der Waals surface area contributed by atoms with Gasteiger partial charge in [-0.3, -0.25) is 4.79 Å². The third kappa shape index (κ3) is 2.00. The lowest BCUT2D eigenvalue weighted by Gasteiger charge is -2.06. The third-order valence-corrected chi connectivity index (χ3v) is 3.10. The quantitative estimate of drug-likeness (QED) is 0.683. The molecule has 0 amide bonds. The SMILES string of the molecule is O=c1c2cccc(F)c2cnn1-c1ccc(Cl)cc1. The van der Waals surface area contributed by atoms with Gasteiger partial charge in [-0.2, -0.15) is 9.78 Å². The molecule has 3 rings (SSSR count). The van der Waals surface area contributed by atoms with Crippen molar-refractivity contribution in [2.75, 3.05) is 0 Å². The summed E-state index contributed by atoms with van der Waals surface area (Å²) in [5.74, 6) is -0.453. The molecule has 0 N–H and O–H groups in total. The molecule has 0 saturated heterocycles. The molecular formula is C14H8ClFN2O. The Bertz CT molecular complexity index is 812. The van der Waals surface area contributed by atoms with Crippen LogP contribution in [0.25, 0.3) is 16.5 Å². The summed E-state index contributed by atoms with van der Waals surface area (Å²) in [5, 5.41) is 5.08. The van der Waals surface area contributed by atoms with Crippen LogP contribution in [0.2, 0.25) is 5.02 Å². The topological polar surface area (TPSA) is 34.9 Å². The molecule has 0 aliphatic carbocycles. The minimum atomic E-state index is -0.453. The highest BCUT2D eigenvalue weighted by molar-refractivity contribution is 6.30. The molecule has 3 aromatic rings.